The molecule has 144 valence electrons. The molecule has 0 saturated heterocycles. The highest BCUT2D eigenvalue weighted by atomic mass is 35.5. The van der Waals surface area contributed by atoms with Gasteiger partial charge < -0.3 is 15.9 Å². The van der Waals surface area contributed by atoms with Crippen molar-refractivity contribution in [2.75, 3.05) is 0 Å². The van der Waals surface area contributed by atoms with Gasteiger partial charge in [0, 0.05) is 21.2 Å². The fourth-order valence-corrected chi connectivity index (χ4v) is 2.73. The summed E-state index contributed by atoms with van der Waals surface area (Å²) in [5.74, 6) is -0.519. The lowest BCUT2D eigenvalue weighted by molar-refractivity contribution is 0.474. The molecule has 0 aromatic heterocycles. The fourth-order valence-electron chi connectivity index (χ4n) is 1.71. The second kappa shape index (κ2) is 10.4. The molecule has 0 saturated carbocycles. The van der Waals surface area contributed by atoms with Gasteiger partial charge in [-0.1, -0.05) is 46.4 Å². The van der Waals surface area contributed by atoms with Gasteiger partial charge in [-0.2, -0.15) is 10.2 Å². The molecule has 0 heterocycles. The number of nitrogens with zero attached hydrogens (tertiary/aromatic N) is 3. The molecular weight excluding hydrogens is 459 g/mol. The quantitative estimate of drug-likeness (QED) is 0.300. The molecule has 2 aromatic carbocycles. The Labute approximate surface area is 180 Å². The number of hydrogen-bond donors (Lipinski definition) is 4. The van der Waals surface area contributed by atoms with Crippen molar-refractivity contribution in [1.29, 1.82) is 0 Å². The average molecular weight is 472 g/mol. The normalized spacial score (nSPS) is 11.8. The number of phenolic OH excluding ortho intramolecular Hbond substituents is 2. The maximum absolute atomic E-state index is 9.79. The second-order valence-electron chi connectivity index (χ2n) is 4.75. The summed E-state index contributed by atoms with van der Waals surface area (Å²) in [4.78, 5) is 0. The monoisotopic (exact) mass is 469 g/mol. The maximum atomic E-state index is 9.79. The molecule has 5 N–H and O–H groups in total. The van der Waals surface area contributed by atoms with Gasteiger partial charge in [-0.25, -0.2) is 5.43 Å². The van der Waals surface area contributed by atoms with Gasteiger partial charge in [-0.3, -0.25) is 0 Å². The van der Waals surface area contributed by atoms with Gasteiger partial charge in [-0.15, -0.1) is 17.5 Å². The summed E-state index contributed by atoms with van der Waals surface area (Å²) in [6, 6.07) is 5.70. The molecule has 12 heteroatoms. The van der Waals surface area contributed by atoms with E-state index in [2.05, 4.69) is 20.7 Å². The van der Waals surface area contributed by atoms with E-state index < -0.39 is 0 Å². The predicted molar refractivity (Wildman–Crippen MR) is 113 cm³/mol. The summed E-state index contributed by atoms with van der Waals surface area (Å²) in [5, 5.41) is 31.5. The van der Waals surface area contributed by atoms with Crippen molar-refractivity contribution in [2.45, 2.75) is 0 Å². The second-order valence-corrected chi connectivity index (χ2v) is 6.44. The Morgan fingerprint density at radius 3 is 1.89 bits per heavy atom. The van der Waals surface area contributed by atoms with E-state index in [0.717, 1.165) is 0 Å². The number of nitrogens with one attached hydrogen (secondary N) is 1. The molecule has 0 fully saturated rings. The smallest absolute Gasteiger partial charge is 0.234 e. The number of phenols is 2. The van der Waals surface area contributed by atoms with E-state index in [4.69, 9.17) is 52.1 Å². The number of aromatic hydroxyl groups is 2. The molecule has 0 aliphatic heterocycles. The van der Waals surface area contributed by atoms with Crippen molar-refractivity contribution in [3.05, 3.63) is 55.5 Å². The summed E-state index contributed by atoms with van der Waals surface area (Å²) in [5.41, 5.74) is 8.52. The van der Waals surface area contributed by atoms with Crippen LogP contribution in [0, 0.1) is 0 Å². The third-order valence-electron chi connectivity index (χ3n) is 2.86. The van der Waals surface area contributed by atoms with Crippen molar-refractivity contribution in [1.82, 2.24) is 5.43 Å². The van der Waals surface area contributed by atoms with E-state index in [1.54, 1.807) is 0 Å². The van der Waals surface area contributed by atoms with Crippen LogP contribution in [0.25, 0.3) is 0 Å². The molecular formula is C15H12Cl5N5O2. The zero-order chi connectivity index (χ0) is 19.3. The number of rotatable bonds is 4. The molecule has 0 amide bonds. The Morgan fingerprint density at radius 2 is 1.37 bits per heavy atom. The number of hydrazone groups is 1. The third kappa shape index (κ3) is 6.64. The molecule has 2 rings (SSSR count). The highest BCUT2D eigenvalue weighted by molar-refractivity contribution is 6.36. The van der Waals surface area contributed by atoms with Gasteiger partial charge in [0.15, 0.2) is 0 Å². The molecule has 0 bridgehead atoms. The van der Waals surface area contributed by atoms with Gasteiger partial charge in [0.1, 0.15) is 11.5 Å². The van der Waals surface area contributed by atoms with Crippen LogP contribution in [0.4, 0.5) is 0 Å². The first-order valence-corrected chi connectivity index (χ1v) is 8.30. The molecule has 0 atom stereocenters. The molecule has 0 spiro atoms. The van der Waals surface area contributed by atoms with Crippen LogP contribution in [-0.2, 0) is 0 Å². The summed E-state index contributed by atoms with van der Waals surface area (Å²) in [6.07, 6.45) is 2.47. The Morgan fingerprint density at radius 1 is 0.889 bits per heavy atom. The first-order valence-electron chi connectivity index (χ1n) is 6.79. The zero-order valence-corrected chi connectivity index (χ0v) is 17.0. The van der Waals surface area contributed by atoms with Crippen LogP contribution in [0.15, 0.2) is 39.6 Å². The van der Waals surface area contributed by atoms with Crippen molar-refractivity contribution < 1.29 is 10.2 Å². The fraction of sp³-hybridized carbons (Fsp3) is 0. The molecule has 27 heavy (non-hydrogen) atoms. The average Bonchev–Trinajstić information content (AvgIpc) is 2.56. The van der Waals surface area contributed by atoms with Gasteiger partial charge in [0.25, 0.3) is 0 Å². The van der Waals surface area contributed by atoms with Crippen LogP contribution in [0.2, 0.25) is 20.1 Å². The van der Waals surface area contributed by atoms with Crippen molar-refractivity contribution in [3.8, 4) is 11.5 Å². The number of benzene rings is 2. The molecule has 0 unspecified atom stereocenters. The first-order chi connectivity index (χ1) is 12.3. The standard InChI is InChI=1S/C15H11Cl4N5O2.ClH/c16-9-1-7(13(25)11(18)3-9)5-21-23-15(20)24-22-6-8-2-10(17)4-12(19)14(8)26;/h1-6,25-26H,(H3,20,23,24);1H/b21-5+,22-6+;. The topological polar surface area (TPSA) is 116 Å². The zero-order valence-electron chi connectivity index (χ0n) is 13.2. The minimum Gasteiger partial charge on any atom is -0.506 e. The minimum atomic E-state index is -0.187. The van der Waals surface area contributed by atoms with E-state index in [0.29, 0.717) is 10.0 Å². The Kier molecular flexibility index (Phi) is 8.95. The SMILES string of the molecule is Cl.N/C(=N\N=C\c1cc(Cl)cc(Cl)c1O)N/N=C/c1cc(Cl)cc(Cl)c1O. The molecule has 0 aliphatic carbocycles. The van der Waals surface area contributed by atoms with Gasteiger partial charge in [-0.05, 0) is 24.3 Å². The Balaban J connectivity index is 0.00000364. The van der Waals surface area contributed by atoms with E-state index >= 15 is 0 Å². The van der Waals surface area contributed by atoms with Crippen molar-refractivity contribution in [3.63, 3.8) is 0 Å². The molecule has 0 radical (unpaired) electrons. The van der Waals surface area contributed by atoms with E-state index in [9.17, 15) is 10.2 Å². The van der Waals surface area contributed by atoms with Gasteiger partial charge in [0.2, 0.25) is 5.96 Å². The first kappa shape index (κ1) is 23.1. The minimum absolute atomic E-state index is 0. The number of nitrogens with two attached hydrogens (primary N) is 1. The van der Waals surface area contributed by atoms with Crippen LogP contribution in [0.5, 0.6) is 11.5 Å². The lowest BCUT2D eigenvalue weighted by Crippen LogP contribution is -2.26. The lowest BCUT2D eigenvalue weighted by atomic mass is 10.2. The Hall–Kier alpha value is -1.90. The summed E-state index contributed by atoms with van der Waals surface area (Å²) in [7, 11) is 0. The van der Waals surface area contributed by atoms with Gasteiger partial charge >= 0.3 is 0 Å². The van der Waals surface area contributed by atoms with Gasteiger partial charge in [0.05, 0.1) is 22.5 Å². The van der Waals surface area contributed by atoms with Crippen LogP contribution >= 0.6 is 58.8 Å². The Bertz CT molecular complexity index is 918. The highest BCUT2D eigenvalue weighted by Crippen LogP contribution is 2.30. The predicted octanol–water partition coefficient (Wildman–Crippen LogP) is 4.41. The maximum Gasteiger partial charge on any atom is 0.234 e. The van der Waals surface area contributed by atoms with Crippen LogP contribution in [0.3, 0.4) is 0 Å². The molecule has 7 nitrogen and oxygen atoms in total. The van der Waals surface area contributed by atoms with E-state index in [1.807, 2.05) is 0 Å². The van der Waals surface area contributed by atoms with E-state index in [-0.39, 0.29) is 51.0 Å². The summed E-state index contributed by atoms with van der Waals surface area (Å²) >= 11 is 23.3. The number of halogens is 5. The van der Waals surface area contributed by atoms with Crippen LogP contribution in [-0.4, -0.2) is 28.6 Å². The lowest BCUT2D eigenvalue weighted by Gasteiger charge is -2.02. The molecule has 2 aromatic rings. The summed E-state index contributed by atoms with van der Waals surface area (Å²) < 4.78 is 0. The van der Waals surface area contributed by atoms with Crippen molar-refractivity contribution in [2.24, 2.45) is 21.0 Å². The molecule has 0 aliphatic rings. The third-order valence-corrected chi connectivity index (χ3v) is 3.87. The largest absolute Gasteiger partial charge is 0.506 e. The van der Waals surface area contributed by atoms with Crippen molar-refractivity contribution >= 4 is 77.2 Å². The number of hydrogen-bond acceptors (Lipinski definition) is 5. The van der Waals surface area contributed by atoms with Crippen LogP contribution < -0.4 is 11.2 Å². The van der Waals surface area contributed by atoms with Crippen LogP contribution in [0.1, 0.15) is 11.1 Å². The highest BCUT2D eigenvalue weighted by Gasteiger charge is 2.06. The van der Waals surface area contributed by atoms with E-state index in [1.165, 1.54) is 36.7 Å². The number of guanidine groups is 1. The summed E-state index contributed by atoms with van der Waals surface area (Å²) in [6.45, 7) is 0.